The lowest BCUT2D eigenvalue weighted by atomic mass is 9.89. The molecule has 6 aromatic carbocycles. The van der Waals surface area contributed by atoms with Crippen LogP contribution in [0.1, 0.15) is 142 Å². The Hall–Kier alpha value is -7.06. The predicted molar refractivity (Wildman–Crippen MR) is 299 cm³/mol. The average molecular weight is 991 g/mol. The molecule has 1 aliphatic carbocycles. The molecule has 0 unspecified atom stereocenters. The second-order valence-corrected chi connectivity index (χ2v) is 20.9. The maximum absolute atomic E-state index is 6.93. The van der Waals surface area contributed by atoms with E-state index >= 15 is 0 Å². The summed E-state index contributed by atoms with van der Waals surface area (Å²) in [6.45, 7) is 25.8. The van der Waals surface area contributed by atoms with Crippen molar-refractivity contribution in [3.8, 4) is 34.4 Å². The van der Waals surface area contributed by atoms with Crippen LogP contribution in [0.25, 0.3) is 11.4 Å². The Morgan fingerprint density at radius 1 is 0.392 bits per heavy atom. The molecule has 0 atom stereocenters. The topological polar surface area (TPSA) is 54.5 Å². The van der Waals surface area contributed by atoms with E-state index in [-0.39, 0.29) is 0 Å². The van der Waals surface area contributed by atoms with Gasteiger partial charge in [0.1, 0.15) is 72.2 Å². The summed E-state index contributed by atoms with van der Waals surface area (Å²) in [6.07, 6.45) is 19.4. The van der Waals surface area contributed by atoms with Crippen molar-refractivity contribution in [2.45, 2.75) is 134 Å². The molecule has 74 heavy (non-hydrogen) atoms. The van der Waals surface area contributed by atoms with Crippen LogP contribution >= 0.6 is 0 Å². The highest BCUT2D eigenvalue weighted by atomic mass is 16.5. The molecule has 0 spiro atoms. The van der Waals surface area contributed by atoms with Gasteiger partial charge in [0.05, 0.1) is 26.4 Å². The van der Waals surface area contributed by atoms with Crippen molar-refractivity contribution in [1.82, 2.24) is 9.13 Å². The summed E-state index contributed by atoms with van der Waals surface area (Å²) < 4.78 is 36.8. The van der Waals surface area contributed by atoms with E-state index in [2.05, 4.69) is 210 Å². The summed E-state index contributed by atoms with van der Waals surface area (Å²) in [5, 5.41) is 0. The molecule has 0 radical (unpaired) electrons. The standard InChI is InChI=1S/C66H78N4O4/c1-11-25-71-63-53-17-15-18-54(63)38-58-34-52(42-68-22-24-70(44-68)62-49(9)31-46(6)32-50(62)10)36-60(66(58)74-28-14-4)40-56-20-16-19-55(64(56)72-26-12-2)39-59-35-51(33-57(37-53)65(59)73-27-13-3)41-67-21-23-69(43-67)61-47(7)29-45(5)30-48(61)8/h15-24,29-36,43-44H,11-14,25-28,37-42H2,1-10H3/q+2. The molecule has 8 aromatic rings. The Morgan fingerprint density at radius 2 is 0.676 bits per heavy atom. The lowest BCUT2D eigenvalue weighted by molar-refractivity contribution is -0.687. The Kier molecular flexibility index (Phi) is 16.4. The van der Waals surface area contributed by atoms with Crippen LogP contribution in [0.2, 0.25) is 0 Å². The van der Waals surface area contributed by atoms with Crippen LogP contribution in [-0.4, -0.2) is 35.6 Å². The lowest BCUT2D eigenvalue weighted by Gasteiger charge is -2.23. The van der Waals surface area contributed by atoms with Gasteiger partial charge in [-0.1, -0.05) is 99.5 Å². The first-order chi connectivity index (χ1) is 35.9. The number of imidazole rings is 2. The number of para-hydroxylation sites is 2. The summed E-state index contributed by atoms with van der Waals surface area (Å²) in [5.74, 6) is 3.82. The largest absolute Gasteiger partial charge is 0.493 e. The number of nitrogens with zero attached hydrogens (tertiary/aromatic N) is 4. The predicted octanol–water partition coefficient (Wildman–Crippen LogP) is 13.6. The lowest BCUT2D eigenvalue weighted by Crippen LogP contribution is -2.31. The molecule has 384 valence electrons. The van der Waals surface area contributed by atoms with Crippen LogP contribution in [0.4, 0.5) is 0 Å². The average Bonchev–Trinajstić information content (AvgIpc) is 4.02. The quantitative estimate of drug-likeness (QED) is 0.0804. The van der Waals surface area contributed by atoms with Gasteiger partial charge in [0.25, 0.3) is 0 Å². The summed E-state index contributed by atoms with van der Waals surface area (Å²) in [7, 11) is 0. The van der Waals surface area contributed by atoms with Crippen molar-refractivity contribution >= 4 is 0 Å². The molecular formula is C66H78N4O4+2. The van der Waals surface area contributed by atoms with Gasteiger partial charge in [-0.25, -0.2) is 18.3 Å². The van der Waals surface area contributed by atoms with Crippen molar-refractivity contribution < 1.29 is 28.1 Å². The van der Waals surface area contributed by atoms with Crippen molar-refractivity contribution in [3.05, 3.63) is 211 Å². The minimum absolute atomic E-state index is 0.620. The number of benzene rings is 6. The zero-order valence-corrected chi connectivity index (χ0v) is 45.9. The molecule has 0 amide bonds. The number of hydrogen-bond acceptors (Lipinski definition) is 4. The summed E-state index contributed by atoms with van der Waals surface area (Å²) in [5.41, 5.74) is 21.8. The third kappa shape index (κ3) is 11.7. The fraction of sp³-hybridized carbons (Fsp3) is 0.364. The smallest absolute Gasteiger partial charge is 0.249 e. The monoisotopic (exact) mass is 991 g/mol. The van der Waals surface area contributed by atoms with Crippen molar-refractivity contribution in [1.29, 1.82) is 0 Å². The maximum Gasteiger partial charge on any atom is 0.249 e. The number of aromatic nitrogens is 4. The molecule has 2 aromatic heterocycles. The van der Waals surface area contributed by atoms with E-state index in [0.29, 0.717) is 65.2 Å². The van der Waals surface area contributed by atoms with Crippen LogP contribution in [0.5, 0.6) is 23.0 Å². The zero-order valence-electron chi connectivity index (χ0n) is 45.9. The van der Waals surface area contributed by atoms with Crippen molar-refractivity contribution in [2.75, 3.05) is 26.4 Å². The molecule has 2 heterocycles. The second kappa shape index (κ2) is 23.4. The molecule has 8 heteroatoms. The van der Waals surface area contributed by atoms with Gasteiger partial charge in [-0.3, -0.25) is 0 Å². The van der Waals surface area contributed by atoms with Crippen LogP contribution in [-0.2, 0) is 38.8 Å². The first kappa shape index (κ1) is 51.8. The first-order valence-electron chi connectivity index (χ1n) is 27.3. The maximum atomic E-state index is 6.93. The Morgan fingerprint density at radius 3 is 0.959 bits per heavy atom. The highest BCUT2D eigenvalue weighted by molar-refractivity contribution is 5.58. The molecule has 8 nitrogen and oxygen atoms in total. The van der Waals surface area contributed by atoms with Crippen LogP contribution in [0.3, 0.4) is 0 Å². The van der Waals surface area contributed by atoms with E-state index in [9.17, 15) is 0 Å². The molecule has 0 aliphatic heterocycles. The molecule has 9 rings (SSSR count). The van der Waals surface area contributed by atoms with Gasteiger partial charge in [0, 0.05) is 25.7 Å². The Balaban J connectivity index is 1.21. The van der Waals surface area contributed by atoms with Gasteiger partial charge in [0.15, 0.2) is 0 Å². The first-order valence-corrected chi connectivity index (χ1v) is 27.3. The number of aryl methyl sites for hydroxylation is 6. The number of ether oxygens (including phenoxy) is 4. The van der Waals surface area contributed by atoms with Gasteiger partial charge in [-0.2, -0.15) is 0 Å². The summed E-state index contributed by atoms with van der Waals surface area (Å²) >= 11 is 0. The van der Waals surface area contributed by atoms with Crippen LogP contribution < -0.4 is 28.1 Å². The number of fused-ring (bicyclic) bond motifs is 8. The Bertz CT molecular complexity index is 2910. The summed E-state index contributed by atoms with van der Waals surface area (Å²) in [4.78, 5) is 0. The van der Waals surface area contributed by atoms with Gasteiger partial charge in [0.2, 0.25) is 12.7 Å². The van der Waals surface area contributed by atoms with E-state index in [1.54, 1.807) is 0 Å². The second-order valence-electron chi connectivity index (χ2n) is 20.9. The number of rotatable bonds is 18. The molecule has 1 aliphatic rings. The number of hydrogen-bond donors (Lipinski definition) is 0. The normalized spacial score (nSPS) is 12.2. The third-order valence-corrected chi connectivity index (χ3v) is 14.2. The highest BCUT2D eigenvalue weighted by Crippen LogP contribution is 2.40. The van der Waals surface area contributed by atoms with Gasteiger partial charge in [-0.05, 0) is 169 Å². The zero-order chi connectivity index (χ0) is 51.9. The molecular weight excluding hydrogens is 913 g/mol. The van der Waals surface area contributed by atoms with Crippen molar-refractivity contribution in [2.24, 2.45) is 0 Å². The minimum Gasteiger partial charge on any atom is -0.493 e. The fourth-order valence-electron chi connectivity index (χ4n) is 11.4. The van der Waals surface area contributed by atoms with Gasteiger partial charge >= 0.3 is 0 Å². The molecule has 0 N–H and O–H groups in total. The Labute approximate surface area is 441 Å². The van der Waals surface area contributed by atoms with E-state index < -0.39 is 0 Å². The molecule has 0 saturated heterocycles. The fourth-order valence-corrected chi connectivity index (χ4v) is 11.4. The van der Waals surface area contributed by atoms with Gasteiger partial charge < -0.3 is 18.9 Å². The third-order valence-electron chi connectivity index (χ3n) is 14.2. The van der Waals surface area contributed by atoms with E-state index in [1.807, 2.05) is 0 Å². The minimum atomic E-state index is 0.620. The van der Waals surface area contributed by atoms with Gasteiger partial charge in [-0.15, -0.1) is 0 Å². The molecule has 0 fully saturated rings. The van der Waals surface area contributed by atoms with E-state index in [4.69, 9.17) is 18.9 Å². The van der Waals surface area contributed by atoms with Crippen LogP contribution in [0, 0.1) is 41.5 Å². The molecule has 8 bridgehead atoms. The summed E-state index contributed by atoms with van der Waals surface area (Å²) in [6, 6.07) is 32.0. The van der Waals surface area contributed by atoms with E-state index in [1.165, 1.54) is 55.9 Å². The highest BCUT2D eigenvalue weighted by Gasteiger charge is 2.25. The SMILES string of the molecule is CCCOc1c2cccc1Cc1cc(C[n+]3ccn(-c4c(C)cc(C)cc4C)c3)cc(c1OCCC)Cc1cccc(c1OCCC)Cc1cc(C[n+]3ccn(-c4c(C)cc(C)cc4C)c3)cc(c1OCCC)C2. The molecule has 0 saturated carbocycles. The van der Waals surface area contributed by atoms with Crippen LogP contribution in [0.15, 0.2) is 122 Å². The van der Waals surface area contributed by atoms with E-state index in [0.717, 1.165) is 93.2 Å². The van der Waals surface area contributed by atoms with Crippen molar-refractivity contribution in [3.63, 3.8) is 0 Å².